The quantitative estimate of drug-likeness (QED) is 0.401. The summed E-state index contributed by atoms with van der Waals surface area (Å²) >= 11 is 12.2. The van der Waals surface area contributed by atoms with Gasteiger partial charge in [0.2, 0.25) is 0 Å². The number of ether oxygens (including phenoxy) is 2. The molecule has 0 saturated carbocycles. The molecule has 4 aromatic rings. The number of halogens is 2. The lowest BCUT2D eigenvalue weighted by molar-refractivity contribution is 0.101. The zero-order valence-electron chi connectivity index (χ0n) is 17.0. The summed E-state index contributed by atoms with van der Waals surface area (Å²) in [7, 11) is 1.60. The average Bonchev–Trinajstić information content (AvgIpc) is 3.41. The van der Waals surface area contributed by atoms with Gasteiger partial charge in [-0.15, -0.1) is 0 Å². The topological polar surface area (TPSA) is 83.2 Å². The maximum atomic E-state index is 12.6. The molecule has 0 aliphatic heterocycles. The predicted molar refractivity (Wildman–Crippen MR) is 122 cm³/mol. The molecule has 0 radical (unpaired) electrons. The van der Waals surface area contributed by atoms with Crippen molar-refractivity contribution in [2.24, 2.45) is 0 Å². The second-order valence-electron chi connectivity index (χ2n) is 6.79. The number of hydrogen-bond donors (Lipinski definition) is 1. The third kappa shape index (κ3) is 5.40. The molecular weight excluding hydrogens is 453 g/mol. The van der Waals surface area contributed by atoms with Gasteiger partial charge in [-0.25, -0.2) is 4.68 Å². The SMILES string of the molecule is COc1ccc(OCn2ccc(C(=O)Nc3nn(Cc4ccc(Cl)cc4)cc3Cl)n2)cc1. The first kappa shape index (κ1) is 21.7. The first-order chi connectivity index (χ1) is 15.5. The Bertz CT molecular complexity index is 1200. The highest BCUT2D eigenvalue weighted by molar-refractivity contribution is 6.33. The Labute approximate surface area is 194 Å². The van der Waals surface area contributed by atoms with Crippen LogP contribution in [0.15, 0.2) is 67.0 Å². The van der Waals surface area contributed by atoms with Crippen LogP contribution in [0.3, 0.4) is 0 Å². The molecule has 2 aromatic heterocycles. The van der Waals surface area contributed by atoms with Crippen LogP contribution in [0.5, 0.6) is 11.5 Å². The zero-order chi connectivity index (χ0) is 22.5. The van der Waals surface area contributed by atoms with Gasteiger partial charge in [0.25, 0.3) is 5.91 Å². The van der Waals surface area contributed by atoms with Gasteiger partial charge in [-0.05, 0) is 48.0 Å². The monoisotopic (exact) mass is 471 g/mol. The number of benzene rings is 2. The van der Waals surface area contributed by atoms with Crippen molar-refractivity contribution >= 4 is 34.9 Å². The Morgan fingerprint density at radius 1 is 0.969 bits per heavy atom. The molecule has 4 rings (SSSR count). The van der Waals surface area contributed by atoms with Gasteiger partial charge >= 0.3 is 0 Å². The third-order valence-electron chi connectivity index (χ3n) is 4.50. The molecule has 32 heavy (non-hydrogen) atoms. The number of nitrogens with one attached hydrogen (secondary N) is 1. The Balaban J connectivity index is 1.35. The summed E-state index contributed by atoms with van der Waals surface area (Å²) in [6.45, 7) is 0.639. The minimum absolute atomic E-state index is 0.149. The van der Waals surface area contributed by atoms with E-state index >= 15 is 0 Å². The second-order valence-corrected chi connectivity index (χ2v) is 7.64. The van der Waals surface area contributed by atoms with Crippen LogP contribution in [0.4, 0.5) is 5.82 Å². The summed E-state index contributed by atoms with van der Waals surface area (Å²) in [5, 5.41) is 12.2. The number of carbonyl (C=O) groups is 1. The molecule has 0 unspecified atom stereocenters. The molecule has 0 aliphatic rings. The van der Waals surface area contributed by atoms with Gasteiger partial charge in [0.1, 0.15) is 16.5 Å². The van der Waals surface area contributed by atoms with Crippen LogP contribution < -0.4 is 14.8 Å². The first-order valence-electron chi connectivity index (χ1n) is 9.59. The largest absolute Gasteiger partial charge is 0.497 e. The summed E-state index contributed by atoms with van der Waals surface area (Å²) in [5.41, 5.74) is 1.22. The summed E-state index contributed by atoms with van der Waals surface area (Å²) in [4.78, 5) is 12.6. The average molecular weight is 472 g/mol. The second kappa shape index (κ2) is 9.76. The maximum Gasteiger partial charge on any atom is 0.277 e. The van der Waals surface area contributed by atoms with Crippen molar-refractivity contribution in [3.8, 4) is 11.5 Å². The molecule has 0 fully saturated rings. The molecule has 0 spiro atoms. The Morgan fingerprint density at radius 2 is 1.69 bits per heavy atom. The maximum absolute atomic E-state index is 12.6. The van der Waals surface area contributed by atoms with Crippen molar-refractivity contribution in [2.75, 3.05) is 12.4 Å². The summed E-state index contributed by atoms with van der Waals surface area (Å²) in [6.07, 6.45) is 3.30. The number of hydrogen-bond acceptors (Lipinski definition) is 5. The zero-order valence-corrected chi connectivity index (χ0v) is 18.5. The van der Waals surface area contributed by atoms with E-state index in [1.54, 1.807) is 66.6 Å². The standard InChI is InChI=1S/C22H19Cl2N5O3/c1-31-17-6-8-18(9-7-17)32-14-28-11-10-20(26-28)22(30)25-21-19(24)13-29(27-21)12-15-2-4-16(23)5-3-15/h2-11,13H,12,14H2,1H3,(H,25,27,30). The molecule has 164 valence electrons. The fourth-order valence-electron chi connectivity index (χ4n) is 2.88. The minimum atomic E-state index is -0.424. The summed E-state index contributed by atoms with van der Waals surface area (Å²) in [5.74, 6) is 1.23. The molecule has 0 aliphatic carbocycles. The number of carbonyl (C=O) groups excluding carboxylic acids is 1. The van der Waals surface area contributed by atoms with E-state index in [1.165, 1.54) is 4.68 Å². The number of nitrogens with zero attached hydrogens (tertiary/aromatic N) is 4. The van der Waals surface area contributed by atoms with E-state index < -0.39 is 5.91 Å². The molecule has 0 bridgehead atoms. The van der Waals surface area contributed by atoms with Crippen LogP contribution in [0.25, 0.3) is 0 Å². The number of rotatable bonds is 8. The van der Waals surface area contributed by atoms with Crippen molar-refractivity contribution in [1.82, 2.24) is 19.6 Å². The number of aromatic nitrogens is 4. The third-order valence-corrected chi connectivity index (χ3v) is 5.03. The molecule has 1 N–H and O–H groups in total. The van der Waals surface area contributed by atoms with Crippen molar-refractivity contribution in [3.05, 3.63) is 88.3 Å². The number of anilines is 1. The van der Waals surface area contributed by atoms with Crippen molar-refractivity contribution in [3.63, 3.8) is 0 Å². The van der Waals surface area contributed by atoms with Crippen LogP contribution in [0.1, 0.15) is 16.1 Å². The van der Waals surface area contributed by atoms with Gasteiger partial charge in [-0.3, -0.25) is 9.48 Å². The van der Waals surface area contributed by atoms with Gasteiger partial charge in [0, 0.05) is 17.4 Å². The first-order valence-corrected chi connectivity index (χ1v) is 10.3. The highest BCUT2D eigenvalue weighted by atomic mass is 35.5. The van der Waals surface area contributed by atoms with Gasteiger partial charge in [0.15, 0.2) is 18.2 Å². The predicted octanol–water partition coefficient (Wildman–Crippen LogP) is 4.73. The van der Waals surface area contributed by atoms with Gasteiger partial charge in [-0.1, -0.05) is 35.3 Å². The molecule has 8 nitrogen and oxygen atoms in total. The highest BCUT2D eigenvalue weighted by Gasteiger charge is 2.15. The lowest BCUT2D eigenvalue weighted by Gasteiger charge is -2.07. The molecule has 1 amide bonds. The Morgan fingerprint density at radius 3 is 2.41 bits per heavy atom. The molecule has 10 heteroatoms. The van der Waals surface area contributed by atoms with Crippen LogP contribution in [-0.4, -0.2) is 32.6 Å². The van der Waals surface area contributed by atoms with E-state index in [9.17, 15) is 4.79 Å². The van der Waals surface area contributed by atoms with Crippen LogP contribution in [0, 0.1) is 0 Å². The number of methoxy groups -OCH3 is 1. The van der Waals surface area contributed by atoms with Crippen molar-refractivity contribution in [1.29, 1.82) is 0 Å². The lowest BCUT2D eigenvalue weighted by Crippen LogP contribution is -2.15. The van der Waals surface area contributed by atoms with E-state index in [0.717, 1.165) is 11.3 Å². The Hall–Kier alpha value is -3.49. The van der Waals surface area contributed by atoms with Gasteiger partial charge in [0.05, 0.1) is 13.7 Å². The highest BCUT2D eigenvalue weighted by Crippen LogP contribution is 2.21. The van der Waals surface area contributed by atoms with Gasteiger partial charge < -0.3 is 14.8 Å². The normalized spacial score (nSPS) is 10.7. The lowest BCUT2D eigenvalue weighted by atomic mass is 10.2. The van der Waals surface area contributed by atoms with Crippen LogP contribution >= 0.6 is 23.2 Å². The van der Waals surface area contributed by atoms with Gasteiger partial charge in [-0.2, -0.15) is 10.2 Å². The molecule has 2 aromatic carbocycles. The van der Waals surface area contributed by atoms with Crippen molar-refractivity contribution < 1.29 is 14.3 Å². The fraction of sp³-hybridized carbons (Fsp3) is 0.136. The fourth-order valence-corrected chi connectivity index (χ4v) is 3.20. The smallest absolute Gasteiger partial charge is 0.277 e. The van der Waals surface area contributed by atoms with E-state index in [1.807, 2.05) is 12.1 Å². The molecule has 0 atom stereocenters. The minimum Gasteiger partial charge on any atom is -0.497 e. The summed E-state index contributed by atoms with van der Waals surface area (Å²) < 4.78 is 13.9. The van der Waals surface area contributed by atoms with E-state index in [-0.39, 0.29) is 18.2 Å². The molecule has 2 heterocycles. The van der Waals surface area contributed by atoms with Crippen LogP contribution in [0.2, 0.25) is 10.0 Å². The van der Waals surface area contributed by atoms with Crippen LogP contribution in [-0.2, 0) is 13.3 Å². The molecular formula is C22H19Cl2N5O3. The summed E-state index contributed by atoms with van der Waals surface area (Å²) in [6, 6.07) is 16.2. The van der Waals surface area contributed by atoms with Crippen molar-refractivity contribution in [2.45, 2.75) is 13.3 Å². The van der Waals surface area contributed by atoms with E-state index in [0.29, 0.717) is 22.3 Å². The van der Waals surface area contributed by atoms with E-state index in [4.69, 9.17) is 32.7 Å². The Kier molecular flexibility index (Phi) is 6.63. The molecule has 0 saturated heterocycles. The van der Waals surface area contributed by atoms with E-state index in [2.05, 4.69) is 15.5 Å². The number of amides is 1.